The van der Waals surface area contributed by atoms with Gasteiger partial charge in [0.25, 0.3) is 0 Å². The summed E-state index contributed by atoms with van der Waals surface area (Å²) in [5.74, 6) is 1.63. The van der Waals surface area contributed by atoms with Gasteiger partial charge >= 0.3 is 0 Å². The minimum absolute atomic E-state index is 0.380. The number of nitrogens with zero attached hydrogens (tertiary/aromatic N) is 5. The first-order valence-electron chi connectivity index (χ1n) is 12.2. The molecule has 1 saturated heterocycles. The van der Waals surface area contributed by atoms with Crippen LogP contribution in [0.5, 0.6) is 5.75 Å². The van der Waals surface area contributed by atoms with Crippen molar-refractivity contribution in [2.45, 2.75) is 50.5 Å². The summed E-state index contributed by atoms with van der Waals surface area (Å²) in [6.07, 6.45) is 7.85. The van der Waals surface area contributed by atoms with Crippen molar-refractivity contribution < 1.29 is 4.74 Å². The summed E-state index contributed by atoms with van der Waals surface area (Å²) >= 11 is 0. The van der Waals surface area contributed by atoms with Crippen LogP contribution in [0, 0.1) is 23.2 Å². The van der Waals surface area contributed by atoms with E-state index in [9.17, 15) is 5.53 Å². The standard InChI is InChI=1S/C27H33N5O/c28-21-22-11-13-26(14-12-22)33-20-6-17-32-18-15-25(16-19-32)27(30-31-29,24-9-4-5-10-24)23-7-2-1-3-8-23/h1-3,7-8,11-14,24-25H,4-6,9-10,15-20H2. The molecule has 1 aliphatic heterocycles. The molecule has 1 heterocycles. The molecular formula is C27H33N5O. The Balaban J connectivity index is 1.34. The second kappa shape index (κ2) is 11.2. The Morgan fingerprint density at radius 3 is 2.30 bits per heavy atom. The van der Waals surface area contributed by atoms with Gasteiger partial charge in [0.1, 0.15) is 5.75 Å². The molecule has 0 radical (unpaired) electrons. The molecule has 1 unspecified atom stereocenters. The smallest absolute Gasteiger partial charge is 0.119 e. The first-order valence-corrected chi connectivity index (χ1v) is 12.2. The van der Waals surface area contributed by atoms with E-state index in [-0.39, 0.29) is 0 Å². The molecule has 0 amide bonds. The number of benzene rings is 2. The van der Waals surface area contributed by atoms with Crippen LogP contribution in [0.25, 0.3) is 10.4 Å². The Morgan fingerprint density at radius 2 is 1.67 bits per heavy atom. The molecule has 172 valence electrons. The normalized spacial score (nSPS) is 19.4. The van der Waals surface area contributed by atoms with Crippen LogP contribution in [0.3, 0.4) is 0 Å². The molecule has 2 fully saturated rings. The van der Waals surface area contributed by atoms with Gasteiger partial charge in [-0.15, -0.1) is 0 Å². The lowest BCUT2D eigenvalue weighted by Crippen LogP contribution is -2.46. The van der Waals surface area contributed by atoms with Crippen LogP contribution in [-0.2, 0) is 5.54 Å². The summed E-state index contributed by atoms with van der Waals surface area (Å²) in [5, 5.41) is 13.5. The molecule has 0 aromatic heterocycles. The third-order valence-electron chi connectivity index (χ3n) is 7.50. The molecule has 2 aliphatic rings. The van der Waals surface area contributed by atoms with Gasteiger partial charge in [0.05, 0.1) is 23.8 Å². The summed E-state index contributed by atoms with van der Waals surface area (Å²) in [6.45, 7) is 3.74. The highest BCUT2D eigenvalue weighted by Gasteiger charge is 2.47. The molecule has 2 aromatic carbocycles. The number of nitriles is 1. The maximum Gasteiger partial charge on any atom is 0.119 e. The lowest BCUT2D eigenvalue weighted by molar-refractivity contribution is 0.0877. The maximum atomic E-state index is 9.59. The van der Waals surface area contributed by atoms with Gasteiger partial charge in [0.15, 0.2) is 0 Å². The third-order valence-corrected chi connectivity index (χ3v) is 7.50. The van der Waals surface area contributed by atoms with Crippen molar-refractivity contribution in [3.05, 3.63) is 76.2 Å². The third kappa shape index (κ3) is 5.33. The van der Waals surface area contributed by atoms with Crippen molar-refractivity contribution in [2.24, 2.45) is 17.0 Å². The van der Waals surface area contributed by atoms with Crippen LogP contribution in [0.1, 0.15) is 56.1 Å². The average molecular weight is 444 g/mol. The molecule has 6 heteroatoms. The molecule has 1 aliphatic carbocycles. The number of hydrogen-bond acceptors (Lipinski definition) is 4. The highest BCUT2D eigenvalue weighted by Crippen LogP contribution is 2.51. The maximum absolute atomic E-state index is 9.59. The second-order valence-corrected chi connectivity index (χ2v) is 9.32. The summed E-state index contributed by atoms with van der Waals surface area (Å²) < 4.78 is 5.84. The first kappa shape index (κ1) is 23.2. The molecule has 1 atom stereocenters. The van der Waals surface area contributed by atoms with E-state index in [0.717, 1.165) is 57.5 Å². The number of hydrogen-bond donors (Lipinski definition) is 0. The molecular weight excluding hydrogens is 410 g/mol. The van der Waals surface area contributed by atoms with Gasteiger partial charge in [0.2, 0.25) is 0 Å². The fraction of sp³-hybridized carbons (Fsp3) is 0.519. The van der Waals surface area contributed by atoms with Crippen LogP contribution >= 0.6 is 0 Å². The molecule has 0 spiro atoms. The van der Waals surface area contributed by atoms with Crippen LogP contribution in [0.4, 0.5) is 0 Å². The molecule has 6 nitrogen and oxygen atoms in total. The van der Waals surface area contributed by atoms with Crippen molar-refractivity contribution in [3.8, 4) is 11.8 Å². The Kier molecular flexibility index (Phi) is 7.88. The Bertz CT molecular complexity index is 966. The number of azide groups is 1. The number of piperidine rings is 1. The Morgan fingerprint density at radius 1 is 1.00 bits per heavy atom. The van der Waals surface area contributed by atoms with E-state index in [1.54, 1.807) is 12.1 Å². The van der Waals surface area contributed by atoms with Gasteiger partial charge in [0, 0.05) is 11.5 Å². The van der Waals surface area contributed by atoms with Gasteiger partial charge in [-0.25, -0.2) is 0 Å². The van der Waals surface area contributed by atoms with Crippen molar-refractivity contribution in [3.63, 3.8) is 0 Å². The van der Waals surface area contributed by atoms with E-state index < -0.39 is 5.54 Å². The summed E-state index contributed by atoms with van der Waals surface area (Å²) in [5.41, 5.74) is 11.0. The minimum atomic E-state index is -0.419. The summed E-state index contributed by atoms with van der Waals surface area (Å²) in [4.78, 5) is 5.91. The van der Waals surface area contributed by atoms with E-state index >= 15 is 0 Å². The highest BCUT2D eigenvalue weighted by atomic mass is 16.5. The van der Waals surface area contributed by atoms with Gasteiger partial charge < -0.3 is 9.64 Å². The minimum Gasteiger partial charge on any atom is -0.494 e. The number of rotatable bonds is 9. The van der Waals surface area contributed by atoms with E-state index in [1.807, 2.05) is 18.2 Å². The first-order chi connectivity index (χ1) is 16.3. The van der Waals surface area contributed by atoms with Crippen LogP contribution in [0.15, 0.2) is 59.7 Å². The van der Waals surface area contributed by atoms with Crippen LogP contribution < -0.4 is 4.74 Å². The van der Waals surface area contributed by atoms with E-state index in [2.05, 4.69) is 45.3 Å². The van der Waals surface area contributed by atoms with E-state index in [4.69, 9.17) is 10.00 Å². The molecule has 33 heavy (non-hydrogen) atoms. The number of likely N-dealkylation sites (tertiary alicyclic amines) is 1. The fourth-order valence-corrected chi connectivity index (χ4v) is 5.87. The lowest BCUT2D eigenvalue weighted by atomic mass is 9.66. The number of ether oxygens (including phenoxy) is 1. The van der Waals surface area contributed by atoms with Gasteiger partial charge in [-0.1, -0.05) is 48.3 Å². The second-order valence-electron chi connectivity index (χ2n) is 9.32. The van der Waals surface area contributed by atoms with Gasteiger partial charge in [-0.05, 0) is 92.4 Å². The van der Waals surface area contributed by atoms with E-state index in [1.165, 1.54) is 18.4 Å². The largest absolute Gasteiger partial charge is 0.494 e. The molecule has 0 bridgehead atoms. The average Bonchev–Trinajstić information content (AvgIpc) is 3.42. The van der Waals surface area contributed by atoms with Crippen molar-refractivity contribution in [2.75, 3.05) is 26.2 Å². The topological polar surface area (TPSA) is 85.0 Å². The summed E-state index contributed by atoms with van der Waals surface area (Å²) in [7, 11) is 0. The van der Waals surface area contributed by atoms with E-state index in [0.29, 0.717) is 24.0 Å². The van der Waals surface area contributed by atoms with Crippen molar-refractivity contribution >= 4 is 0 Å². The molecule has 1 saturated carbocycles. The summed E-state index contributed by atoms with van der Waals surface area (Å²) in [6, 6.07) is 19.9. The van der Waals surface area contributed by atoms with Gasteiger partial charge in [-0.3, -0.25) is 0 Å². The monoisotopic (exact) mass is 443 g/mol. The zero-order valence-electron chi connectivity index (χ0n) is 19.3. The van der Waals surface area contributed by atoms with Crippen molar-refractivity contribution in [1.82, 2.24) is 4.90 Å². The van der Waals surface area contributed by atoms with Crippen LogP contribution in [0.2, 0.25) is 0 Å². The predicted octanol–water partition coefficient (Wildman–Crippen LogP) is 6.44. The quantitative estimate of drug-likeness (QED) is 0.193. The zero-order valence-corrected chi connectivity index (χ0v) is 19.3. The molecule has 0 N–H and O–H groups in total. The van der Waals surface area contributed by atoms with Crippen LogP contribution in [-0.4, -0.2) is 31.1 Å². The Labute approximate surface area is 196 Å². The fourth-order valence-electron chi connectivity index (χ4n) is 5.87. The van der Waals surface area contributed by atoms with Gasteiger partial charge in [-0.2, -0.15) is 5.26 Å². The molecule has 4 rings (SSSR count). The lowest BCUT2D eigenvalue weighted by Gasteiger charge is -2.46. The zero-order chi connectivity index (χ0) is 22.9. The van der Waals surface area contributed by atoms with Crippen molar-refractivity contribution in [1.29, 1.82) is 5.26 Å². The SMILES string of the molecule is N#Cc1ccc(OCCCN2CCC(C(N=[N+]=[N-])(c3ccccc3)C3CCCC3)CC2)cc1. The molecule has 2 aromatic rings. The Hall–Kier alpha value is -3.00. The highest BCUT2D eigenvalue weighted by molar-refractivity contribution is 5.34. The predicted molar refractivity (Wildman–Crippen MR) is 130 cm³/mol.